The Bertz CT molecular complexity index is 949. The van der Waals surface area contributed by atoms with Gasteiger partial charge in [0.2, 0.25) is 5.91 Å². The van der Waals surface area contributed by atoms with Crippen molar-refractivity contribution >= 4 is 17.2 Å². The fraction of sp³-hybridized carbons (Fsp3) is 0.296. The van der Waals surface area contributed by atoms with Gasteiger partial charge in [-0.05, 0) is 84.6 Å². The summed E-state index contributed by atoms with van der Waals surface area (Å²) >= 11 is 0. The summed E-state index contributed by atoms with van der Waals surface area (Å²) in [6, 6.07) is 15.1. The van der Waals surface area contributed by atoms with Crippen LogP contribution in [0.2, 0.25) is 0 Å². The van der Waals surface area contributed by atoms with Crippen LogP contribution < -0.4 is 5.32 Å². The van der Waals surface area contributed by atoms with Crippen molar-refractivity contribution in [2.75, 3.05) is 5.32 Å². The number of nitrogens with one attached hydrogen (secondary N) is 1. The lowest BCUT2D eigenvalue weighted by Crippen LogP contribution is -2.05. The molecule has 0 aliphatic heterocycles. The molecule has 0 atom stereocenters. The quantitative estimate of drug-likeness (QED) is 0.480. The van der Waals surface area contributed by atoms with Crippen LogP contribution in [0.1, 0.15) is 55.4 Å². The second-order valence-electron chi connectivity index (χ2n) is 7.75. The maximum atomic E-state index is 11.2. The van der Waals surface area contributed by atoms with Crippen molar-refractivity contribution in [2.24, 2.45) is 0 Å². The molecule has 0 spiro atoms. The Kier molecular flexibility index (Phi) is 7.24. The first-order valence-electron chi connectivity index (χ1n) is 10.6. The van der Waals surface area contributed by atoms with Crippen molar-refractivity contribution < 1.29 is 4.79 Å². The molecule has 29 heavy (non-hydrogen) atoms. The fourth-order valence-corrected chi connectivity index (χ4v) is 4.07. The Morgan fingerprint density at radius 2 is 1.83 bits per heavy atom. The number of benzene rings is 2. The summed E-state index contributed by atoms with van der Waals surface area (Å²) in [5, 5.41) is 2.85. The molecule has 0 fully saturated rings. The molecule has 2 aromatic carbocycles. The Morgan fingerprint density at radius 3 is 2.52 bits per heavy atom. The van der Waals surface area contributed by atoms with Gasteiger partial charge in [0, 0.05) is 12.6 Å². The van der Waals surface area contributed by atoms with Crippen LogP contribution in [-0.4, -0.2) is 5.91 Å². The van der Waals surface area contributed by atoms with Crippen molar-refractivity contribution in [1.29, 1.82) is 0 Å². The van der Waals surface area contributed by atoms with Crippen LogP contribution in [0.3, 0.4) is 0 Å². The zero-order chi connectivity index (χ0) is 20.6. The van der Waals surface area contributed by atoms with E-state index in [4.69, 9.17) is 0 Å². The standard InChI is InChI=1S/C27H31NO/c1-4-10-26-23(5-2)19-24-17-22(15-16-27(24)26)12-8-6-7-11-21-13-9-14-25(18-21)28-20(3)29/h4-5,9-10,13-18H,2,6-8,11-12,19H2,1,3H3,(H,28,29)/b10-4-. The van der Waals surface area contributed by atoms with E-state index < -0.39 is 0 Å². The molecular formula is C27H31NO. The maximum absolute atomic E-state index is 11.2. The number of carbonyl (C=O) groups is 1. The van der Waals surface area contributed by atoms with Gasteiger partial charge >= 0.3 is 0 Å². The van der Waals surface area contributed by atoms with Crippen molar-refractivity contribution in [1.82, 2.24) is 0 Å². The Balaban J connectivity index is 1.48. The predicted octanol–water partition coefficient (Wildman–Crippen LogP) is 6.67. The molecule has 2 aromatic rings. The van der Waals surface area contributed by atoms with Crippen molar-refractivity contribution in [3.63, 3.8) is 0 Å². The number of rotatable bonds is 9. The van der Waals surface area contributed by atoms with Gasteiger partial charge in [-0.3, -0.25) is 4.79 Å². The van der Waals surface area contributed by atoms with Gasteiger partial charge in [0.1, 0.15) is 0 Å². The molecule has 3 rings (SSSR count). The molecule has 1 amide bonds. The molecule has 150 valence electrons. The Hall–Kier alpha value is -2.87. The summed E-state index contributed by atoms with van der Waals surface area (Å²) in [6.45, 7) is 7.59. The van der Waals surface area contributed by atoms with E-state index in [0.29, 0.717) is 0 Å². The second kappa shape index (κ2) is 10.1. The molecule has 0 saturated carbocycles. The number of unbranched alkanes of at least 4 members (excludes halogenated alkanes) is 2. The van der Waals surface area contributed by atoms with Crippen LogP contribution in [0.4, 0.5) is 5.69 Å². The lowest BCUT2D eigenvalue weighted by molar-refractivity contribution is -0.114. The average molecular weight is 386 g/mol. The van der Waals surface area contributed by atoms with Gasteiger partial charge in [-0.15, -0.1) is 0 Å². The monoisotopic (exact) mass is 385 g/mol. The number of anilines is 1. The molecular weight excluding hydrogens is 354 g/mol. The highest BCUT2D eigenvalue weighted by molar-refractivity contribution is 5.88. The van der Waals surface area contributed by atoms with E-state index in [9.17, 15) is 4.79 Å². The minimum Gasteiger partial charge on any atom is -0.326 e. The van der Waals surface area contributed by atoms with Crippen LogP contribution in [0.5, 0.6) is 0 Å². The number of amides is 1. The Labute approximate surface area is 175 Å². The van der Waals surface area contributed by atoms with E-state index >= 15 is 0 Å². The Morgan fingerprint density at radius 1 is 1.07 bits per heavy atom. The molecule has 0 unspecified atom stereocenters. The van der Waals surface area contributed by atoms with Crippen molar-refractivity contribution in [2.45, 2.75) is 52.4 Å². The molecule has 0 heterocycles. The first kappa shape index (κ1) is 20.9. The van der Waals surface area contributed by atoms with E-state index in [2.05, 4.69) is 61.3 Å². The average Bonchev–Trinajstić information content (AvgIpc) is 3.05. The topological polar surface area (TPSA) is 29.1 Å². The van der Waals surface area contributed by atoms with E-state index in [1.165, 1.54) is 52.7 Å². The first-order chi connectivity index (χ1) is 14.1. The zero-order valence-corrected chi connectivity index (χ0v) is 17.6. The molecule has 1 aliphatic rings. The molecule has 0 radical (unpaired) electrons. The number of aryl methyl sites for hydroxylation is 2. The molecule has 2 heteroatoms. The summed E-state index contributed by atoms with van der Waals surface area (Å²) in [5.41, 5.74) is 9.05. The number of allylic oxidation sites excluding steroid dienone is 5. The third-order valence-electron chi connectivity index (χ3n) is 5.44. The smallest absolute Gasteiger partial charge is 0.221 e. The van der Waals surface area contributed by atoms with Crippen LogP contribution >= 0.6 is 0 Å². The van der Waals surface area contributed by atoms with E-state index in [0.717, 1.165) is 24.9 Å². The maximum Gasteiger partial charge on any atom is 0.221 e. The largest absolute Gasteiger partial charge is 0.326 e. The van der Waals surface area contributed by atoms with Gasteiger partial charge in [-0.25, -0.2) is 0 Å². The van der Waals surface area contributed by atoms with Gasteiger partial charge < -0.3 is 5.32 Å². The van der Waals surface area contributed by atoms with Gasteiger partial charge in [0.25, 0.3) is 0 Å². The van der Waals surface area contributed by atoms with Gasteiger partial charge in [-0.1, -0.05) is 61.6 Å². The number of fused-ring (bicyclic) bond motifs is 1. The molecule has 2 nitrogen and oxygen atoms in total. The minimum atomic E-state index is -0.0234. The first-order valence-corrected chi connectivity index (χ1v) is 10.6. The van der Waals surface area contributed by atoms with Crippen LogP contribution in [0.25, 0.3) is 5.57 Å². The molecule has 1 N–H and O–H groups in total. The summed E-state index contributed by atoms with van der Waals surface area (Å²) in [7, 11) is 0. The van der Waals surface area contributed by atoms with E-state index in [-0.39, 0.29) is 5.91 Å². The summed E-state index contributed by atoms with van der Waals surface area (Å²) in [4.78, 5) is 11.2. The number of hydrogen-bond acceptors (Lipinski definition) is 1. The highest BCUT2D eigenvalue weighted by Crippen LogP contribution is 2.35. The van der Waals surface area contributed by atoms with Crippen LogP contribution in [0, 0.1) is 0 Å². The normalized spacial score (nSPS) is 13.0. The second-order valence-corrected chi connectivity index (χ2v) is 7.75. The summed E-state index contributed by atoms with van der Waals surface area (Å²) < 4.78 is 0. The van der Waals surface area contributed by atoms with Gasteiger partial charge in [0.15, 0.2) is 0 Å². The van der Waals surface area contributed by atoms with E-state index in [1.54, 1.807) is 6.92 Å². The molecule has 1 aliphatic carbocycles. The number of hydrogen-bond donors (Lipinski definition) is 1. The van der Waals surface area contributed by atoms with Gasteiger partial charge in [-0.2, -0.15) is 0 Å². The highest BCUT2D eigenvalue weighted by Gasteiger charge is 2.17. The third kappa shape index (κ3) is 5.57. The zero-order valence-electron chi connectivity index (χ0n) is 17.6. The summed E-state index contributed by atoms with van der Waals surface area (Å²) in [5.74, 6) is -0.0234. The SMILES string of the molecule is C=CC1=C(/C=C\C)c2ccc(CCCCCc3cccc(NC(C)=O)c3)cc2C1. The highest BCUT2D eigenvalue weighted by atomic mass is 16.1. The van der Waals surface area contributed by atoms with Crippen LogP contribution in [0.15, 0.2) is 72.8 Å². The minimum absolute atomic E-state index is 0.0234. The lowest BCUT2D eigenvalue weighted by atomic mass is 9.98. The van der Waals surface area contributed by atoms with Gasteiger partial charge in [0.05, 0.1) is 0 Å². The number of carbonyl (C=O) groups excluding carboxylic acids is 1. The fourth-order valence-electron chi connectivity index (χ4n) is 4.07. The molecule has 0 saturated heterocycles. The lowest BCUT2D eigenvalue weighted by Gasteiger charge is -2.08. The van der Waals surface area contributed by atoms with Crippen LogP contribution in [-0.2, 0) is 24.1 Å². The van der Waals surface area contributed by atoms with Crippen molar-refractivity contribution in [3.05, 3.63) is 95.1 Å². The third-order valence-corrected chi connectivity index (χ3v) is 5.44. The van der Waals surface area contributed by atoms with E-state index in [1.807, 2.05) is 18.2 Å². The predicted molar refractivity (Wildman–Crippen MR) is 124 cm³/mol. The summed E-state index contributed by atoms with van der Waals surface area (Å²) in [6.07, 6.45) is 13.1. The molecule has 0 bridgehead atoms. The molecule has 0 aromatic heterocycles. The van der Waals surface area contributed by atoms with Crippen molar-refractivity contribution in [3.8, 4) is 0 Å².